The number of amides is 2. The average Bonchev–Trinajstić information content (AvgIpc) is 3.23. The molecule has 1 fully saturated rings. The Morgan fingerprint density at radius 2 is 1.85 bits per heavy atom. The molecular formula is C20H23N3O3S. The molecule has 6 nitrogen and oxygen atoms in total. The van der Waals surface area contributed by atoms with Gasteiger partial charge in [0.2, 0.25) is 5.91 Å². The van der Waals surface area contributed by atoms with Crippen molar-refractivity contribution in [2.45, 2.75) is 19.3 Å². The van der Waals surface area contributed by atoms with Crippen molar-refractivity contribution < 1.29 is 14.3 Å². The van der Waals surface area contributed by atoms with Gasteiger partial charge in [0, 0.05) is 23.7 Å². The number of ether oxygens (including phenoxy) is 1. The van der Waals surface area contributed by atoms with E-state index in [1.807, 2.05) is 30.3 Å². The second-order valence-electron chi connectivity index (χ2n) is 6.82. The van der Waals surface area contributed by atoms with E-state index in [1.54, 1.807) is 11.3 Å². The number of hydrogen-bond donors (Lipinski definition) is 2. The fraction of sp³-hybridized carbons (Fsp3) is 0.400. The van der Waals surface area contributed by atoms with Gasteiger partial charge in [0.15, 0.2) is 0 Å². The van der Waals surface area contributed by atoms with Gasteiger partial charge in [0.05, 0.1) is 25.3 Å². The molecule has 1 saturated heterocycles. The molecule has 27 heavy (non-hydrogen) atoms. The summed E-state index contributed by atoms with van der Waals surface area (Å²) in [6.07, 6.45) is 2.93. The molecule has 0 atom stereocenters. The number of carbonyl (C=O) groups excluding carboxylic acids is 2. The van der Waals surface area contributed by atoms with Gasteiger partial charge in [0.1, 0.15) is 5.00 Å². The third-order valence-electron chi connectivity index (χ3n) is 4.90. The minimum absolute atomic E-state index is 0.0782. The first kappa shape index (κ1) is 18.2. The van der Waals surface area contributed by atoms with Gasteiger partial charge >= 0.3 is 0 Å². The first-order valence-electron chi connectivity index (χ1n) is 9.31. The summed E-state index contributed by atoms with van der Waals surface area (Å²) in [6, 6.07) is 9.41. The number of carbonyl (C=O) groups is 2. The number of thiophene rings is 1. The molecule has 2 aromatic rings. The van der Waals surface area contributed by atoms with Crippen LogP contribution in [0, 0.1) is 0 Å². The summed E-state index contributed by atoms with van der Waals surface area (Å²) in [7, 11) is 0. The monoisotopic (exact) mass is 385 g/mol. The molecule has 2 aliphatic rings. The summed E-state index contributed by atoms with van der Waals surface area (Å²) in [6.45, 7) is 3.16. The standard InChI is InChI=1S/C20H23N3O3S/c24-17(13-23-9-11-26-12-10-23)22-20-18(15-7-4-8-16(15)27-20)19(25)21-14-5-2-1-3-6-14/h1-3,5-6H,4,7-13H2,(H,21,25)(H,22,24). The molecule has 0 unspecified atom stereocenters. The highest BCUT2D eigenvalue weighted by molar-refractivity contribution is 7.17. The largest absolute Gasteiger partial charge is 0.379 e. The van der Waals surface area contributed by atoms with Crippen molar-refractivity contribution in [3.63, 3.8) is 0 Å². The number of benzene rings is 1. The Kier molecular flexibility index (Phi) is 5.52. The van der Waals surface area contributed by atoms with Crippen LogP contribution in [0.1, 0.15) is 27.2 Å². The van der Waals surface area contributed by atoms with E-state index in [4.69, 9.17) is 4.74 Å². The quantitative estimate of drug-likeness (QED) is 0.830. The third-order valence-corrected chi connectivity index (χ3v) is 6.11. The van der Waals surface area contributed by atoms with Crippen LogP contribution in [0.4, 0.5) is 10.7 Å². The molecule has 2 amide bonds. The van der Waals surface area contributed by atoms with E-state index >= 15 is 0 Å². The van der Waals surface area contributed by atoms with E-state index in [0.29, 0.717) is 30.3 Å². The molecular weight excluding hydrogens is 362 g/mol. The molecule has 142 valence electrons. The van der Waals surface area contributed by atoms with E-state index in [-0.39, 0.29) is 11.8 Å². The van der Waals surface area contributed by atoms with E-state index in [1.165, 1.54) is 4.88 Å². The molecule has 7 heteroatoms. The Bertz CT molecular complexity index is 828. The Labute approximate surface area is 162 Å². The van der Waals surface area contributed by atoms with E-state index in [0.717, 1.165) is 43.6 Å². The Morgan fingerprint density at radius 3 is 2.63 bits per heavy atom. The first-order valence-corrected chi connectivity index (χ1v) is 10.1. The number of rotatable bonds is 5. The van der Waals surface area contributed by atoms with Crippen LogP contribution in [0.15, 0.2) is 30.3 Å². The van der Waals surface area contributed by atoms with Crippen molar-refractivity contribution in [2.24, 2.45) is 0 Å². The maximum absolute atomic E-state index is 12.9. The van der Waals surface area contributed by atoms with E-state index < -0.39 is 0 Å². The summed E-state index contributed by atoms with van der Waals surface area (Å²) in [5.41, 5.74) is 2.48. The zero-order chi connectivity index (χ0) is 18.6. The number of para-hydroxylation sites is 1. The van der Waals surface area contributed by atoms with Gasteiger partial charge in [0.25, 0.3) is 5.91 Å². The topological polar surface area (TPSA) is 70.7 Å². The van der Waals surface area contributed by atoms with Crippen molar-refractivity contribution in [3.05, 3.63) is 46.3 Å². The molecule has 1 aliphatic heterocycles. The smallest absolute Gasteiger partial charge is 0.258 e. The molecule has 0 spiro atoms. The van der Waals surface area contributed by atoms with E-state index in [9.17, 15) is 9.59 Å². The van der Waals surface area contributed by atoms with Crippen LogP contribution in [0.25, 0.3) is 0 Å². The zero-order valence-corrected chi connectivity index (χ0v) is 15.9. The zero-order valence-electron chi connectivity index (χ0n) is 15.1. The second kappa shape index (κ2) is 8.21. The number of anilines is 2. The predicted octanol–water partition coefficient (Wildman–Crippen LogP) is 2.76. The molecule has 1 aliphatic carbocycles. The Balaban J connectivity index is 1.50. The van der Waals surface area contributed by atoms with Crippen LogP contribution in [0.5, 0.6) is 0 Å². The molecule has 1 aromatic heterocycles. The molecule has 4 rings (SSSR count). The van der Waals surface area contributed by atoms with Gasteiger partial charge in [-0.3, -0.25) is 14.5 Å². The maximum Gasteiger partial charge on any atom is 0.258 e. The number of fused-ring (bicyclic) bond motifs is 1. The van der Waals surface area contributed by atoms with Gasteiger partial charge in [-0.05, 0) is 37.0 Å². The second-order valence-corrected chi connectivity index (χ2v) is 7.92. The van der Waals surface area contributed by atoms with Crippen LogP contribution in [0.3, 0.4) is 0 Å². The summed E-state index contributed by atoms with van der Waals surface area (Å²) >= 11 is 1.54. The van der Waals surface area contributed by atoms with Crippen LogP contribution in [-0.2, 0) is 22.4 Å². The first-order chi connectivity index (χ1) is 13.2. The van der Waals surface area contributed by atoms with Crippen molar-refractivity contribution in [1.82, 2.24) is 4.90 Å². The van der Waals surface area contributed by atoms with Crippen molar-refractivity contribution in [1.29, 1.82) is 0 Å². The SMILES string of the molecule is O=C(CN1CCOCC1)Nc1sc2c(c1C(=O)Nc1ccccc1)CCC2. The Hall–Kier alpha value is -2.22. The number of aryl methyl sites for hydroxylation is 1. The summed E-state index contributed by atoms with van der Waals surface area (Å²) in [5, 5.41) is 6.62. The van der Waals surface area contributed by atoms with Crippen molar-refractivity contribution in [2.75, 3.05) is 43.5 Å². The number of nitrogens with one attached hydrogen (secondary N) is 2. The molecule has 2 heterocycles. The number of nitrogens with zero attached hydrogens (tertiary/aromatic N) is 1. The molecule has 0 bridgehead atoms. The maximum atomic E-state index is 12.9. The fourth-order valence-corrected chi connectivity index (χ4v) is 4.88. The minimum Gasteiger partial charge on any atom is -0.379 e. The van der Waals surface area contributed by atoms with Gasteiger partial charge in [-0.2, -0.15) is 0 Å². The van der Waals surface area contributed by atoms with Gasteiger partial charge in [-0.1, -0.05) is 18.2 Å². The van der Waals surface area contributed by atoms with Gasteiger partial charge in [-0.15, -0.1) is 11.3 Å². The van der Waals surface area contributed by atoms with Crippen LogP contribution < -0.4 is 10.6 Å². The molecule has 2 N–H and O–H groups in total. The molecule has 0 radical (unpaired) electrons. The lowest BCUT2D eigenvalue weighted by molar-refractivity contribution is -0.118. The average molecular weight is 385 g/mol. The van der Waals surface area contributed by atoms with Crippen LogP contribution in [-0.4, -0.2) is 49.6 Å². The highest BCUT2D eigenvalue weighted by atomic mass is 32.1. The summed E-state index contributed by atoms with van der Waals surface area (Å²) < 4.78 is 5.32. The van der Waals surface area contributed by atoms with Crippen molar-refractivity contribution >= 4 is 33.8 Å². The lowest BCUT2D eigenvalue weighted by Crippen LogP contribution is -2.41. The van der Waals surface area contributed by atoms with Gasteiger partial charge < -0.3 is 15.4 Å². The normalized spacial score (nSPS) is 16.7. The minimum atomic E-state index is -0.151. The number of morpholine rings is 1. The fourth-order valence-electron chi connectivity index (χ4n) is 3.58. The third kappa shape index (κ3) is 4.21. The highest BCUT2D eigenvalue weighted by Crippen LogP contribution is 2.39. The number of hydrogen-bond acceptors (Lipinski definition) is 5. The molecule has 1 aromatic carbocycles. The lowest BCUT2D eigenvalue weighted by Gasteiger charge is -2.25. The van der Waals surface area contributed by atoms with E-state index in [2.05, 4.69) is 15.5 Å². The van der Waals surface area contributed by atoms with Gasteiger partial charge in [-0.25, -0.2) is 0 Å². The van der Waals surface area contributed by atoms with Crippen LogP contribution >= 0.6 is 11.3 Å². The summed E-state index contributed by atoms with van der Waals surface area (Å²) in [4.78, 5) is 28.8. The van der Waals surface area contributed by atoms with Crippen LogP contribution in [0.2, 0.25) is 0 Å². The Morgan fingerprint density at radius 1 is 1.07 bits per heavy atom. The highest BCUT2D eigenvalue weighted by Gasteiger charge is 2.28. The predicted molar refractivity (Wildman–Crippen MR) is 107 cm³/mol. The summed E-state index contributed by atoms with van der Waals surface area (Å²) in [5.74, 6) is -0.229. The lowest BCUT2D eigenvalue weighted by atomic mass is 10.1. The van der Waals surface area contributed by atoms with Crippen molar-refractivity contribution in [3.8, 4) is 0 Å². The molecule has 0 saturated carbocycles.